The molecule has 1 N–H and O–H groups in total. The van der Waals surface area contributed by atoms with E-state index < -0.39 is 0 Å². The zero-order chi connectivity index (χ0) is 8.72. The van der Waals surface area contributed by atoms with Crippen molar-refractivity contribution in [3.8, 4) is 0 Å². The van der Waals surface area contributed by atoms with Crippen LogP contribution in [0.4, 0.5) is 0 Å². The Morgan fingerprint density at radius 2 is 2.17 bits per heavy atom. The predicted molar refractivity (Wildman–Crippen MR) is 45.1 cm³/mol. The molecule has 1 aliphatic carbocycles. The molecule has 2 heteroatoms. The zero-order valence-electron chi connectivity index (χ0n) is 6.79. The van der Waals surface area contributed by atoms with Crippen LogP contribution in [0.2, 0.25) is 0 Å². The van der Waals surface area contributed by atoms with Gasteiger partial charge in [0.1, 0.15) is 5.76 Å². The van der Waals surface area contributed by atoms with Gasteiger partial charge in [0.25, 0.3) is 0 Å². The summed E-state index contributed by atoms with van der Waals surface area (Å²) < 4.78 is 0. The molecule has 0 atom stereocenters. The van der Waals surface area contributed by atoms with Crippen LogP contribution in [-0.4, -0.2) is 5.11 Å². The van der Waals surface area contributed by atoms with Gasteiger partial charge in [0.2, 0.25) is 5.76 Å². The van der Waals surface area contributed by atoms with Crippen LogP contribution < -0.4 is 0 Å². The molecule has 1 aromatic carbocycles. The minimum absolute atomic E-state index is 0.0319. The van der Waals surface area contributed by atoms with E-state index in [4.69, 9.17) is 0 Å². The molecule has 0 saturated carbocycles. The molecule has 1 radical (unpaired) electrons. The first kappa shape index (κ1) is 7.22. The molecule has 0 bridgehead atoms. The van der Waals surface area contributed by atoms with E-state index in [1.807, 2.05) is 25.1 Å². The fourth-order valence-corrected chi connectivity index (χ4v) is 1.47. The van der Waals surface area contributed by atoms with E-state index in [9.17, 15) is 10.2 Å². The van der Waals surface area contributed by atoms with Gasteiger partial charge in [-0.1, -0.05) is 17.7 Å². The minimum atomic E-state index is -0.214. The molecule has 12 heavy (non-hydrogen) atoms. The van der Waals surface area contributed by atoms with Crippen molar-refractivity contribution in [3.63, 3.8) is 0 Å². The first-order chi connectivity index (χ1) is 5.68. The Bertz CT molecular complexity index is 364. The lowest BCUT2D eigenvalue weighted by Crippen LogP contribution is -1.84. The lowest BCUT2D eigenvalue weighted by atomic mass is 10.1. The van der Waals surface area contributed by atoms with Gasteiger partial charge in [-0.2, -0.15) is 0 Å². The highest BCUT2D eigenvalue weighted by Crippen LogP contribution is 2.30. The molecule has 0 fully saturated rings. The Labute approximate surface area is 70.8 Å². The van der Waals surface area contributed by atoms with Gasteiger partial charge in [-0.05, 0) is 18.6 Å². The van der Waals surface area contributed by atoms with Gasteiger partial charge in [0.15, 0.2) is 0 Å². The molecule has 0 heterocycles. The number of allylic oxidation sites excluding steroid dienone is 1. The van der Waals surface area contributed by atoms with Crippen molar-refractivity contribution in [3.05, 3.63) is 40.6 Å². The van der Waals surface area contributed by atoms with Crippen LogP contribution in [0.3, 0.4) is 0 Å². The van der Waals surface area contributed by atoms with Gasteiger partial charge in [-0.15, -0.1) is 0 Å². The number of aliphatic hydroxyl groups excluding tert-OH is 1. The van der Waals surface area contributed by atoms with Crippen molar-refractivity contribution in [2.75, 3.05) is 0 Å². The Hall–Kier alpha value is -1.44. The van der Waals surface area contributed by atoms with Gasteiger partial charge < -0.3 is 5.11 Å². The molecule has 1 aromatic rings. The van der Waals surface area contributed by atoms with Crippen molar-refractivity contribution in [2.24, 2.45) is 0 Å². The quantitative estimate of drug-likeness (QED) is 0.622. The van der Waals surface area contributed by atoms with Crippen LogP contribution in [0.1, 0.15) is 16.7 Å². The van der Waals surface area contributed by atoms with E-state index in [1.54, 1.807) is 0 Å². The van der Waals surface area contributed by atoms with Crippen molar-refractivity contribution >= 4 is 5.76 Å². The summed E-state index contributed by atoms with van der Waals surface area (Å²) in [6.45, 7) is 1.93. The average molecular weight is 161 g/mol. The first-order valence-corrected chi connectivity index (χ1v) is 3.87. The Morgan fingerprint density at radius 3 is 2.92 bits per heavy atom. The molecule has 0 amide bonds. The van der Waals surface area contributed by atoms with Gasteiger partial charge in [0.05, 0.1) is 0 Å². The number of fused-ring (bicyclic) bond motifs is 1. The summed E-state index contributed by atoms with van der Waals surface area (Å²) >= 11 is 0. The van der Waals surface area contributed by atoms with Crippen molar-refractivity contribution < 1.29 is 10.2 Å². The normalized spacial score (nSPS) is 15.1. The fourth-order valence-electron chi connectivity index (χ4n) is 1.47. The van der Waals surface area contributed by atoms with E-state index in [0.29, 0.717) is 12.0 Å². The number of aryl methyl sites for hydroxylation is 1. The summed E-state index contributed by atoms with van der Waals surface area (Å²) in [4.78, 5) is 0. The molecule has 1 aliphatic rings. The first-order valence-electron chi connectivity index (χ1n) is 3.87. The number of hydrogen-bond donors (Lipinski definition) is 1. The highest BCUT2D eigenvalue weighted by atomic mass is 16.3. The van der Waals surface area contributed by atoms with Crippen molar-refractivity contribution in [1.29, 1.82) is 0 Å². The summed E-state index contributed by atoms with van der Waals surface area (Å²) in [5.74, 6) is -0.246. The fraction of sp³-hybridized carbons (Fsp3) is 0.200. The molecule has 0 aromatic heterocycles. The molecular weight excluding hydrogens is 152 g/mol. The third kappa shape index (κ3) is 0.881. The number of benzene rings is 1. The van der Waals surface area contributed by atoms with Crippen molar-refractivity contribution in [2.45, 2.75) is 13.3 Å². The molecule has 0 aliphatic heterocycles. The lowest BCUT2D eigenvalue weighted by molar-refractivity contribution is 0.336. The predicted octanol–water partition coefficient (Wildman–Crippen LogP) is 2.21. The summed E-state index contributed by atoms with van der Waals surface area (Å²) in [6.07, 6.45) is 0.397. The maximum absolute atomic E-state index is 11.3. The summed E-state index contributed by atoms with van der Waals surface area (Å²) in [5, 5.41) is 20.4. The molecule has 2 rings (SSSR count). The van der Waals surface area contributed by atoms with Crippen LogP contribution >= 0.6 is 0 Å². The van der Waals surface area contributed by atoms with Crippen LogP contribution in [0, 0.1) is 6.92 Å². The summed E-state index contributed by atoms with van der Waals surface area (Å²) in [7, 11) is 0. The second-order valence-electron chi connectivity index (χ2n) is 3.11. The van der Waals surface area contributed by atoms with E-state index in [-0.39, 0.29) is 11.5 Å². The van der Waals surface area contributed by atoms with E-state index >= 15 is 0 Å². The highest BCUT2D eigenvalue weighted by molar-refractivity contribution is 5.69. The summed E-state index contributed by atoms with van der Waals surface area (Å²) in [5.41, 5.74) is 2.65. The summed E-state index contributed by atoms with van der Waals surface area (Å²) in [6, 6.07) is 5.66. The van der Waals surface area contributed by atoms with Gasteiger partial charge in [-0.3, -0.25) is 5.11 Å². The van der Waals surface area contributed by atoms with Gasteiger partial charge in [-0.25, -0.2) is 0 Å². The second kappa shape index (κ2) is 2.27. The van der Waals surface area contributed by atoms with Crippen LogP contribution in [-0.2, 0) is 11.5 Å². The highest BCUT2D eigenvalue weighted by Gasteiger charge is 2.21. The molecule has 0 saturated heterocycles. The Balaban J connectivity index is 2.60. The maximum atomic E-state index is 11.3. The topological polar surface area (TPSA) is 40.1 Å². The SMILES string of the molecule is Cc1ccc2c(c1)C([O])=C(O)C2. The molecule has 2 nitrogen and oxygen atoms in total. The lowest BCUT2D eigenvalue weighted by Gasteiger charge is -1.98. The van der Waals surface area contributed by atoms with Crippen molar-refractivity contribution in [1.82, 2.24) is 0 Å². The van der Waals surface area contributed by atoms with E-state index in [2.05, 4.69) is 0 Å². The van der Waals surface area contributed by atoms with Gasteiger partial charge >= 0.3 is 0 Å². The van der Waals surface area contributed by atoms with Gasteiger partial charge in [0, 0.05) is 12.0 Å². The van der Waals surface area contributed by atoms with E-state index in [0.717, 1.165) is 11.1 Å². The smallest absolute Gasteiger partial charge is 0.223 e. The number of hydrogen-bond acceptors (Lipinski definition) is 1. The number of aliphatic hydroxyl groups is 1. The standard InChI is InChI=1S/C10H9O2/c1-6-2-3-7-5-9(11)10(12)8(7)4-6/h2-4,11H,5H2,1H3. The monoisotopic (exact) mass is 161 g/mol. The third-order valence-corrected chi connectivity index (χ3v) is 2.13. The molecule has 0 spiro atoms. The van der Waals surface area contributed by atoms with Crippen LogP contribution in [0.5, 0.6) is 0 Å². The van der Waals surface area contributed by atoms with Crippen LogP contribution in [0.15, 0.2) is 24.0 Å². The average Bonchev–Trinajstić information content (AvgIpc) is 2.31. The van der Waals surface area contributed by atoms with Crippen LogP contribution in [0.25, 0.3) is 5.76 Å². The van der Waals surface area contributed by atoms with E-state index in [1.165, 1.54) is 0 Å². The zero-order valence-corrected chi connectivity index (χ0v) is 6.79. The third-order valence-electron chi connectivity index (χ3n) is 2.13. The Morgan fingerprint density at radius 1 is 1.42 bits per heavy atom. The second-order valence-corrected chi connectivity index (χ2v) is 3.11. The molecule has 61 valence electrons. The Kier molecular flexibility index (Phi) is 1.37. The minimum Gasteiger partial charge on any atom is -0.508 e. The molecular formula is C10H9O2. The maximum Gasteiger partial charge on any atom is 0.223 e. The number of rotatable bonds is 0. The largest absolute Gasteiger partial charge is 0.508 e. The molecule has 0 unspecified atom stereocenters.